The number of fused-ring (bicyclic) bond motifs is 1. The summed E-state index contributed by atoms with van der Waals surface area (Å²) >= 11 is 0. The molecule has 0 spiro atoms. The first kappa shape index (κ1) is 18.9. The Balaban J connectivity index is 1.76. The highest BCUT2D eigenvalue weighted by Gasteiger charge is 2.33. The summed E-state index contributed by atoms with van der Waals surface area (Å²) in [7, 11) is 3.27. The van der Waals surface area contributed by atoms with Crippen molar-refractivity contribution in [2.75, 3.05) is 26.1 Å². The zero-order valence-corrected chi connectivity index (χ0v) is 16.6. The lowest BCUT2D eigenvalue weighted by Gasteiger charge is -2.38. The smallest absolute Gasteiger partial charge is 0.322 e. The molecule has 0 unspecified atom stereocenters. The molecular weight excluding hydrogens is 364 g/mol. The lowest BCUT2D eigenvalue weighted by Crippen LogP contribution is -2.43. The van der Waals surface area contributed by atoms with E-state index in [1.54, 1.807) is 14.2 Å². The number of amides is 2. The molecule has 3 aromatic carbocycles. The van der Waals surface area contributed by atoms with Crippen molar-refractivity contribution in [3.63, 3.8) is 0 Å². The summed E-state index contributed by atoms with van der Waals surface area (Å²) in [6.45, 7) is 0.612. The van der Waals surface area contributed by atoms with Crippen molar-refractivity contribution in [1.82, 2.24) is 4.90 Å². The van der Waals surface area contributed by atoms with Gasteiger partial charge in [-0.15, -0.1) is 0 Å². The third kappa shape index (κ3) is 3.76. The van der Waals surface area contributed by atoms with Gasteiger partial charge in [0.05, 0.1) is 20.3 Å². The average Bonchev–Trinajstić information content (AvgIpc) is 2.78. The van der Waals surface area contributed by atoms with E-state index in [0.717, 1.165) is 23.2 Å². The largest absolute Gasteiger partial charge is 0.493 e. The number of ether oxygens (including phenoxy) is 2. The summed E-state index contributed by atoms with van der Waals surface area (Å²) in [5.74, 6) is 1.37. The van der Waals surface area contributed by atoms with Gasteiger partial charge in [-0.1, -0.05) is 48.5 Å². The molecule has 0 bridgehead atoms. The highest BCUT2D eigenvalue weighted by atomic mass is 16.5. The van der Waals surface area contributed by atoms with E-state index in [9.17, 15) is 4.79 Å². The molecule has 29 heavy (non-hydrogen) atoms. The summed E-state index contributed by atoms with van der Waals surface area (Å²) < 4.78 is 11.0. The van der Waals surface area contributed by atoms with Crippen LogP contribution in [0.4, 0.5) is 10.5 Å². The third-order valence-electron chi connectivity index (χ3n) is 5.27. The Labute approximate surface area is 170 Å². The number of nitrogens with one attached hydrogen (secondary N) is 1. The number of carbonyl (C=O) groups excluding carboxylic acids is 1. The van der Waals surface area contributed by atoms with Gasteiger partial charge in [-0.05, 0) is 47.4 Å². The molecule has 1 aliphatic rings. The van der Waals surface area contributed by atoms with Crippen molar-refractivity contribution in [2.45, 2.75) is 12.5 Å². The molecule has 1 N–H and O–H groups in total. The maximum Gasteiger partial charge on any atom is 0.322 e. The van der Waals surface area contributed by atoms with E-state index in [0.29, 0.717) is 18.0 Å². The maximum atomic E-state index is 13.2. The predicted octanol–water partition coefficient (Wildman–Crippen LogP) is 4.88. The predicted molar refractivity (Wildman–Crippen MR) is 114 cm³/mol. The molecule has 1 atom stereocenters. The minimum Gasteiger partial charge on any atom is -0.493 e. The summed E-state index contributed by atoms with van der Waals surface area (Å²) in [6, 6.07) is 23.3. The Morgan fingerprint density at radius 1 is 0.931 bits per heavy atom. The molecule has 5 nitrogen and oxygen atoms in total. The molecule has 1 aliphatic heterocycles. The molecule has 0 aliphatic carbocycles. The molecule has 3 aromatic rings. The second-order valence-electron chi connectivity index (χ2n) is 6.96. The number of hydrogen-bond donors (Lipinski definition) is 1. The zero-order chi connectivity index (χ0) is 20.2. The molecule has 4 rings (SSSR count). The van der Waals surface area contributed by atoms with Gasteiger partial charge in [-0.2, -0.15) is 0 Å². The Morgan fingerprint density at radius 2 is 1.55 bits per heavy atom. The molecule has 0 fully saturated rings. The van der Waals surface area contributed by atoms with Crippen molar-refractivity contribution in [1.29, 1.82) is 0 Å². The first-order valence-corrected chi connectivity index (χ1v) is 9.63. The number of anilines is 1. The van der Waals surface area contributed by atoms with E-state index in [1.165, 1.54) is 5.56 Å². The van der Waals surface area contributed by atoms with Crippen LogP contribution < -0.4 is 14.8 Å². The minimum atomic E-state index is -0.205. The van der Waals surface area contributed by atoms with Crippen LogP contribution in [-0.2, 0) is 6.42 Å². The zero-order valence-electron chi connectivity index (χ0n) is 16.6. The van der Waals surface area contributed by atoms with Crippen LogP contribution in [0.5, 0.6) is 11.5 Å². The Hall–Kier alpha value is -3.47. The first-order chi connectivity index (χ1) is 14.2. The van der Waals surface area contributed by atoms with Crippen LogP contribution in [0.2, 0.25) is 0 Å². The lowest BCUT2D eigenvalue weighted by atomic mass is 9.88. The van der Waals surface area contributed by atoms with Gasteiger partial charge in [0.25, 0.3) is 0 Å². The molecule has 5 heteroatoms. The summed E-state index contributed by atoms with van der Waals surface area (Å²) in [5.41, 5.74) is 4.06. The number of para-hydroxylation sites is 1. The van der Waals surface area contributed by atoms with Crippen LogP contribution in [-0.4, -0.2) is 31.7 Å². The van der Waals surface area contributed by atoms with Gasteiger partial charge in [0.1, 0.15) is 0 Å². The Bertz CT molecular complexity index is 990. The SMILES string of the molecule is COc1cc2c(cc1OC)[C@@H](c1ccccc1)N(C(=O)Nc1ccccc1)CC2. The van der Waals surface area contributed by atoms with Crippen molar-refractivity contribution in [3.8, 4) is 11.5 Å². The van der Waals surface area contributed by atoms with Crippen LogP contribution in [0.3, 0.4) is 0 Å². The van der Waals surface area contributed by atoms with Gasteiger partial charge in [0.2, 0.25) is 0 Å². The summed E-state index contributed by atoms with van der Waals surface area (Å²) in [5, 5.41) is 3.02. The molecular formula is C24H24N2O3. The van der Waals surface area contributed by atoms with Crippen LogP contribution in [0.1, 0.15) is 22.7 Å². The standard InChI is InChI=1S/C24H24N2O3/c1-28-21-15-18-13-14-26(24(27)25-19-11-7-4-8-12-19)23(17-9-5-3-6-10-17)20(18)16-22(21)29-2/h3-12,15-16,23H,13-14H2,1-2H3,(H,25,27)/t23-/m1/s1. The minimum absolute atomic E-state index is 0.120. The van der Waals surface area contributed by atoms with Gasteiger partial charge in [0.15, 0.2) is 11.5 Å². The number of methoxy groups -OCH3 is 2. The van der Waals surface area contributed by atoms with E-state index in [2.05, 4.69) is 17.4 Å². The van der Waals surface area contributed by atoms with Crippen molar-refractivity contribution >= 4 is 11.7 Å². The van der Waals surface area contributed by atoms with E-state index >= 15 is 0 Å². The van der Waals surface area contributed by atoms with Crippen molar-refractivity contribution in [2.24, 2.45) is 0 Å². The highest BCUT2D eigenvalue weighted by molar-refractivity contribution is 5.90. The van der Waals surface area contributed by atoms with Crippen LogP contribution in [0.25, 0.3) is 0 Å². The second-order valence-corrected chi connectivity index (χ2v) is 6.96. The van der Waals surface area contributed by atoms with E-state index in [-0.39, 0.29) is 12.1 Å². The quantitative estimate of drug-likeness (QED) is 0.693. The van der Waals surface area contributed by atoms with E-state index in [4.69, 9.17) is 9.47 Å². The van der Waals surface area contributed by atoms with Crippen LogP contribution in [0, 0.1) is 0 Å². The molecule has 0 saturated heterocycles. The number of rotatable bonds is 4. The first-order valence-electron chi connectivity index (χ1n) is 9.63. The number of carbonyl (C=O) groups is 1. The maximum absolute atomic E-state index is 13.2. The Morgan fingerprint density at radius 3 is 2.21 bits per heavy atom. The highest BCUT2D eigenvalue weighted by Crippen LogP contribution is 2.41. The van der Waals surface area contributed by atoms with Gasteiger partial charge in [-0.3, -0.25) is 0 Å². The summed E-state index contributed by atoms with van der Waals surface area (Å²) in [6.07, 6.45) is 0.751. The lowest BCUT2D eigenvalue weighted by molar-refractivity contribution is 0.193. The average molecular weight is 388 g/mol. The van der Waals surface area contributed by atoms with Crippen LogP contribution >= 0.6 is 0 Å². The molecule has 0 aromatic heterocycles. The Kier molecular flexibility index (Phi) is 5.38. The fraction of sp³-hybridized carbons (Fsp3) is 0.208. The van der Waals surface area contributed by atoms with Gasteiger partial charge in [-0.25, -0.2) is 4.79 Å². The van der Waals surface area contributed by atoms with Crippen LogP contribution in [0.15, 0.2) is 72.8 Å². The van der Waals surface area contributed by atoms with Crippen molar-refractivity contribution in [3.05, 3.63) is 89.5 Å². The monoisotopic (exact) mass is 388 g/mol. The number of hydrogen-bond acceptors (Lipinski definition) is 3. The van der Waals surface area contributed by atoms with Crippen molar-refractivity contribution < 1.29 is 14.3 Å². The third-order valence-corrected chi connectivity index (χ3v) is 5.27. The van der Waals surface area contributed by atoms with E-state index < -0.39 is 0 Å². The fourth-order valence-corrected chi connectivity index (χ4v) is 3.88. The molecule has 1 heterocycles. The fourth-order valence-electron chi connectivity index (χ4n) is 3.88. The molecule has 2 amide bonds. The summed E-state index contributed by atoms with van der Waals surface area (Å²) in [4.78, 5) is 15.1. The normalized spacial score (nSPS) is 15.4. The van der Waals surface area contributed by atoms with E-state index in [1.807, 2.05) is 65.6 Å². The molecule has 0 radical (unpaired) electrons. The number of urea groups is 1. The van der Waals surface area contributed by atoms with Gasteiger partial charge < -0.3 is 19.7 Å². The number of benzene rings is 3. The molecule has 0 saturated carbocycles. The van der Waals surface area contributed by atoms with Gasteiger partial charge in [0, 0.05) is 12.2 Å². The molecule has 148 valence electrons. The second kappa shape index (κ2) is 8.27. The number of nitrogens with zero attached hydrogens (tertiary/aromatic N) is 1. The van der Waals surface area contributed by atoms with Gasteiger partial charge >= 0.3 is 6.03 Å². The topological polar surface area (TPSA) is 50.8 Å².